The standard InChI is InChI=1S/C26H23N3O2/c1-17-25(20-10-12-21(31-2)13-11-20)26-27-16-22-23(29(26)28-17)14-19(15-24(22)30)9-8-18-6-4-3-5-7-18/h3-13,16,19H,14-15H2,1-2H3/b9-8+/t19-/m1/s1. The van der Waals surface area contributed by atoms with E-state index in [4.69, 9.17) is 9.84 Å². The number of hydrogen-bond acceptors (Lipinski definition) is 4. The summed E-state index contributed by atoms with van der Waals surface area (Å²) in [5.41, 5.74) is 6.44. The Morgan fingerprint density at radius 1 is 1.06 bits per heavy atom. The fourth-order valence-corrected chi connectivity index (χ4v) is 4.28. The molecule has 0 bridgehead atoms. The molecule has 1 aliphatic carbocycles. The summed E-state index contributed by atoms with van der Waals surface area (Å²) in [6, 6.07) is 18.1. The van der Waals surface area contributed by atoms with E-state index in [1.165, 1.54) is 0 Å². The highest BCUT2D eigenvalue weighted by atomic mass is 16.5. The van der Waals surface area contributed by atoms with Crippen molar-refractivity contribution in [1.82, 2.24) is 14.6 Å². The monoisotopic (exact) mass is 409 g/mol. The van der Waals surface area contributed by atoms with E-state index < -0.39 is 0 Å². The Kier molecular flexibility index (Phi) is 4.86. The second-order valence-electron chi connectivity index (χ2n) is 7.90. The number of fused-ring (bicyclic) bond motifs is 3. The molecule has 0 unspecified atom stereocenters. The molecule has 4 aromatic rings. The minimum Gasteiger partial charge on any atom is -0.497 e. The molecule has 31 heavy (non-hydrogen) atoms. The molecule has 1 atom stereocenters. The molecule has 2 aromatic carbocycles. The van der Waals surface area contributed by atoms with E-state index in [9.17, 15) is 4.79 Å². The largest absolute Gasteiger partial charge is 0.497 e. The van der Waals surface area contributed by atoms with Crippen LogP contribution in [0.25, 0.3) is 22.9 Å². The third-order valence-corrected chi connectivity index (χ3v) is 5.86. The maximum Gasteiger partial charge on any atom is 0.166 e. The van der Waals surface area contributed by atoms with Gasteiger partial charge in [-0.05, 0) is 42.5 Å². The van der Waals surface area contributed by atoms with Crippen LogP contribution in [0.3, 0.4) is 0 Å². The average molecular weight is 409 g/mol. The van der Waals surface area contributed by atoms with Crippen LogP contribution in [-0.4, -0.2) is 27.5 Å². The topological polar surface area (TPSA) is 56.5 Å². The lowest BCUT2D eigenvalue weighted by Crippen LogP contribution is -2.22. The molecule has 0 fully saturated rings. The Hall–Kier alpha value is -3.73. The number of rotatable bonds is 4. The summed E-state index contributed by atoms with van der Waals surface area (Å²) in [7, 11) is 1.66. The minimum atomic E-state index is 0.123. The summed E-state index contributed by atoms with van der Waals surface area (Å²) in [6.07, 6.45) is 7.21. The molecule has 2 heterocycles. The first kappa shape index (κ1) is 19.2. The number of carbonyl (C=O) groups is 1. The summed E-state index contributed by atoms with van der Waals surface area (Å²) < 4.78 is 7.14. The van der Waals surface area contributed by atoms with Gasteiger partial charge in [0.2, 0.25) is 0 Å². The average Bonchev–Trinajstić information content (AvgIpc) is 3.15. The Bertz CT molecular complexity index is 1290. The van der Waals surface area contributed by atoms with Crippen LogP contribution >= 0.6 is 0 Å². The predicted molar refractivity (Wildman–Crippen MR) is 121 cm³/mol. The molecule has 0 saturated heterocycles. The number of aryl methyl sites for hydroxylation is 1. The lowest BCUT2D eigenvalue weighted by Gasteiger charge is -2.21. The molecule has 0 radical (unpaired) electrons. The lowest BCUT2D eigenvalue weighted by molar-refractivity contribution is 0.0957. The van der Waals surface area contributed by atoms with Crippen molar-refractivity contribution in [3.8, 4) is 16.9 Å². The number of carbonyl (C=O) groups excluding carboxylic acids is 1. The van der Waals surface area contributed by atoms with Gasteiger partial charge in [-0.2, -0.15) is 5.10 Å². The smallest absolute Gasteiger partial charge is 0.166 e. The van der Waals surface area contributed by atoms with Crippen molar-refractivity contribution in [2.45, 2.75) is 19.8 Å². The van der Waals surface area contributed by atoms with E-state index >= 15 is 0 Å². The Morgan fingerprint density at radius 3 is 2.58 bits per heavy atom. The van der Waals surface area contributed by atoms with Gasteiger partial charge in [-0.1, -0.05) is 54.6 Å². The van der Waals surface area contributed by atoms with Gasteiger partial charge in [0.15, 0.2) is 11.4 Å². The van der Waals surface area contributed by atoms with Crippen LogP contribution in [0.5, 0.6) is 5.75 Å². The van der Waals surface area contributed by atoms with Gasteiger partial charge in [-0.25, -0.2) is 9.50 Å². The van der Waals surface area contributed by atoms with E-state index in [2.05, 4.69) is 29.3 Å². The minimum absolute atomic E-state index is 0.123. The number of nitrogens with zero attached hydrogens (tertiary/aromatic N) is 3. The first-order chi connectivity index (χ1) is 15.1. The molecule has 5 rings (SSSR count). The molecule has 2 aromatic heterocycles. The Labute approximate surface area is 181 Å². The summed E-state index contributed by atoms with van der Waals surface area (Å²) in [4.78, 5) is 17.5. The molecule has 0 spiro atoms. The van der Waals surface area contributed by atoms with Gasteiger partial charge in [-0.3, -0.25) is 4.79 Å². The first-order valence-electron chi connectivity index (χ1n) is 10.4. The van der Waals surface area contributed by atoms with Crippen LogP contribution in [-0.2, 0) is 6.42 Å². The third-order valence-electron chi connectivity index (χ3n) is 5.86. The number of hydrogen-bond donors (Lipinski definition) is 0. The summed E-state index contributed by atoms with van der Waals surface area (Å²) in [5.74, 6) is 1.07. The zero-order chi connectivity index (χ0) is 21.4. The van der Waals surface area contributed by atoms with Gasteiger partial charge in [0.25, 0.3) is 0 Å². The molecule has 0 saturated carbocycles. The lowest BCUT2D eigenvalue weighted by atomic mass is 9.86. The first-order valence-corrected chi connectivity index (χ1v) is 10.4. The number of allylic oxidation sites excluding steroid dienone is 1. The summed E-state index contributed by atoms with van der Waals surface area (Å²) in [6.45, 7) is 1.98. The van der Waals surface area contributed by atoms with E-state index in [0.29, 0.717) is 12.0 Å². The van der Waals surface area contributed by atoms with Crippen molar-refractivity contribution in [1.29, 1.82) is 0 Å². The van der Waals surface area contributed by atoms with Crippen molar-refractivity contribution < 1.29 is 9.53 Å². The number of benzene rings is 2. The van der Waals surface area contributed by atoms with E-state index in [1.54, 1.807) is 13.3 Å². The van der Waals surface area contributed by atoms with Crippen LogP contribution in [0.4, 0.5) is 0 Å². The highest BCUT2D eigenvalue weighted by molar-refractivity contribution is 5.98. The van der Waals surface area contributed by atoms with E-state index in [0.717, 1.165) is 45.9 Å². The van der Waals surface area contributed by atoms with Crippen LogP contribution in [0.1, 0.15) is 33.7 Å². The second kappa shape index (κ2) is 7.84. The molecule has 1 aliphatic rings. The van der Waals surface area contributed by atoms with Crippen LogP contribution in [0, 0.1) is 12.8 Å². The normalized spacial score (nSPS) is 16.1. The number of ketones is 1. The van der Waals surface area contributed by atoms with Gasteiger partial charge in [0.05, 0.1) is 24.1 Å². The van der Waals surface area contributed by atoms with Crippen molar-refractivity contribution in [2.75, 3.05) is 7.11 Å². The zero-order valence-electron chi connectivity index (χ0n) is 17.6. The van der Waals surface area contributed by atoms with Crippen molar-refractivity contribution >= 4 is 17.5 Å². The zero-order valence-corrected chi connectivity index (χ0v) is 17.6. The molecular formula is C26H23N3O2. The molecule has 0 N–H and O–H groups in total. The number of ether oxygens (including phenoxy) is 1. The van der Waals surface area contributed by atoms with E-state index in [1.807, 2.05) is 53.9 Å². The third kappa shape index (κ3) is 3.52. The van der Waals surface area contributed by atoms with Crippen LogP contribution in [0.15, 0.2) is 66.9 Å². The van der Waals surface area contributed by atoms with Crippen molar-refractivity contribution in [3.63, 3.8) is 0 Å². The summed E-state index contributed by atoms with van der Waals surface area (Å²) in [5, 5.41) is 4.78. The Balaban J connectivity index is 1.55. The molecule has 154 valence electrons. The van der Waals surface area contributed by atoms with Gasteiger partial charge < -0.3 is 4.74 Å². The SMILES string of the molecule is COc1ccc(-c2c(C)nn3c4c(cnc23)C(=O)C[C@H](/C=C/c2ccccc2)C4)cc1. The molecule has 0 amide bonds. The fourth-order valence-electron chi connectivity index (χ4n) is 4.28. The molecule has 5 heteroatoms. The number of methoxy groups -OCH3 is 1. The van der Waals surface area contributed by atoms with Gasteiger partial charge in [0.1, 0.15) is 5.75 Å². The molecule has 0 aliphatic heterocycles. The van der Waals surface area contributed by atoms with Crippen molar-refractivity contribution in [3.05, 3.63) is 89.4 Å². The highest BCUT2D eigenvalue weighted by Gasteiger charge is 2.28. The predicted octanol–water partition coefficient (Wildman–Crippen LogP) is 5.17. The maximum absolute atomic E-state index is 12.9. The van der Waals surface area contributed by atoms with Crippen molar-refractivity contribution in [2.24, 2.45) is 5.92 Å². The molecule has 5 nitrogen and oxygen atoms in total. The van der Waals surface area contributed by atoms with Gasteiger partial charge in [0, 0.05) is 18.2 Å². The Morgan fingerprint density at radius 2 is 1.84 bits per heavy atom. The van der Waals surface area contributed by atoms with Gasteiger partial charge in [-0.15, -0.1) is 0 Å². The summed E-state index contributed by atoms with van der Waals surface area (Å²) >= 11 is 0. The van der Waals surface area contributed by atoms with E-state index in [-0.39, 0.29) is 11.7 Å². The highest BCUT2D eigenvalue weighted by Crippen LogP contribution is 2.33. The number of Topliss-reactive ketones (excluding diaryl/α,β-unsaturated/α-hetero) is 1. The number of aromatic nitrogens is 3. The quantitative estimate of drug-likeness (QED) is 0.466. The fraction of sp³-hybridized carbons (Fsp3) is 0.192. The maximum atomic E-state index is 12.9. The van der Waals surface area contributed by atoms with Crippen LogP contribution in [0.2, 0.25) is 0 Å². The second-order valence-corrected chi connectivity index (χ2v) is 7.90. The van der Waals surface area contributed by atoms with Crippen LogP contribution < -0.4 is 4.74 Å². The molecular weight excluding hydrogens is 386 g/mol. The van der Waals surface area contributed by atoms with Gasteiger partial charge >= 0.3 is 0 Å².